The van der Waals surface area contributed by atoms with Crippen LogP contribution in [0.2, 0.25) is 0 Å². The number of nitrogens with zero attached hydrogens (tertiary/aromatic N) is 1. The molecule has 24 heavy (non-hydrogen) atoms. The van der Waals surface area contributed by atoms with Crippen LogP contribution in [0.3, 0.4) is 0 Å². The Labute approximate surface area is 142 Å². The number of aliphatic hydroxyl groups excluding tert-OH is 1. The van der Waals surface area contributed by atoms with Gasteiger partial charge in [-0.25, -0.2) is 9.59 Å². The standard InChI is InChI=1S/C17H26N2O5/c1-17(2,3)24-15(21)18-10-9-14(12-20)19(16(22)23)11-13-7-5-4-6-8-13/h4-8,14,20H,9-12H2,1-3H3,(H,18,21)(H,22,23)/t14-/m0/s1. The van der Waals surface area contributed by atoms with Crippen LogP contribution in [-0.4, -0.2) is 52.1 Å². The molecule has 0 bridgehead atoms. The maximum Gasteiger partial charge on any atom is 0.407 e. The number of carbonyl (C=O) groups is 2. The van der Waals surface area contributed by atoms with Crippen molar-refractivity contribution in [3.8, 4) is 0 Å². The number of alkyl carbamates (subject to hydrolysis) is 1. The Hall–Kier alpha value is -2.28. The van der Waals surface area contributed by atoms with E-state index in [1.165, 1.54) is 4.90 Å². The van der Waals surface area contributed by atoms with E-state index in [9.17, 15) is 19.8 Å². The van der Waals surface area contributed by atoms with Crippen molar-refractivity contribution in [1.82, 2.24) is 10.2 Å². The number of nitrogens with one attached hydrogen (secondary N) is 1. The summed E-state index contributed by atoms with van der Waals surface area (Å²) in [5, 5.41) is 21.5. The second kappa shape index (κ2) is 9.12. The highest BCUT2D eigenvalue weighted by atomic mass is 16.6. The summed E-state index contributed by atoms with van der Waals surface area (Å²) in [7, 11) is 0. The van der Waals surface area contributed by atoms with Crippen molar-refractivity contribution < 1.29 is 24.5 Å². The monoisotopic (exact) mass is 338 g/mol. The summed E-state index contributed by atoms with van der Waals surface area (Å²) in [6, 6.07) is 8.54. The molecule has 0 spiro atoms. The van der Waals surface area contributed by atoms with Gasteiger partial charge in [0, 0.05) is 13.1 Å². The molecule has 1 atom stereocenters. The average Bonchev–Trinajstić information content (AvgIpc) is 2.49. The number of aliphatic hydroxyl groups is 1. The Morgan fingerprint density at radius 2 is 1.88 bits per heavy atom. The molecule has 1 aromatic carbocycles. The lowest BCUT2D eigenvalue weighted by Gasteiger charge is -2.28. The summed E-state index contributed by atoms with van der Waals surface area (Å²) in [6.07, 6.45) is -1.39. The van der Waals surface area contributed by atoms with Gasteiger partial charge in [0.2, 0.25) is 0 Å². The SMILES string of the molecule is CC(C)(C)OC(=O)NCC[C@@H](CO)N(Cc1ccccc1)C(=O)O. The van der Waals surface area contributed by atoms with Crippen LogP contribution in [0.4, 0.5) is 9.59 Å². The van der Waals surface area contributed by atoms with Gasteiger partial charge >= 0.3 is 12.2 Å². The van der Waals surface area contributed by atoms with Gasteiger partial charge in [-0.05, 0) is 32.8 Å². The molecule has 0 aliphatic carbocycles. The van der Waals surface area contributed by atoms with Gasteiger partial charge in [-0.2, -0.15) is 0 Å². The maximum atomic E-state index is 11.6. The van der Waals surface area contributed by atoms with Crippen LogP contribution in [0.25, 0.3) is 0 Å². The molecule has 0 unspecified atom stereocenters. The number of rotatable bonds is 7. The molecule has 2 amide bonds. The zero-order valence-corrected chi connectivity index (χ0v) is 14.4. The molecule has 0 aliphatic rings. The third-order valence-electron chi connectivity index (χ3n) is 3.24. The smallest absolute Gasteiger partial charge is 0.407 e. The van der Waals surface area contributed by atoms with Gasteiger partial charge in [-0.1, -0.05) is 30.3 Å². The van der Waals surface area contributed by atoms with E-state index in [0.29, 0.717) is 0 Å². The van der Waals surface area contributed by atoms with Crippen molar-refractivity contribution in [2.75, 3.05) is 13.2 Å². The molecule has 0 heterocycles. The minimum Gasteiger partial charge on any atom is -0.465 e. The predicted octanol–water partition coefficient (Wildman–Crippen LogP) is 2.44. The molecule has 0 fully saturated rings. The molecule has 3 N–H and O–H groups in total. The van der Waals surface area contributed by atoms with E-state index in [0.717, 1.165) is 5.56 Å². The minimum absolute atomic E-state index is 0.174. The molecule has 0 aliphatic heterocycles. The van der Waals surface area contributed by atoms with Crippen LogP contribution < -0.4 is 5.32 Å². The topological polar surface area (TPSA) is 99.1 Å². The summed E-state index contributed by atoms with van der Waals surface area (Å²) >= 11 is 0. The molecule has 1 aromatic rings. The van der Waals surface area contributed by atoms with Gasteiger partial charge in [0.05, 0.1) is 12.6 Å². The number of amides is 2. The maximum absolute atomic E-state index is 11.6. The van der Waals surface area contributed by atoms with E-state index in [4.69, 9.17) is 4.74 Å². The number of carboxylic acid groups (broad SMARTS) is 1. The van der Waals surface area contributed by atoms with E-state index < -0.39 is 23.8 Å². The highest BCUT2D eigenvalue weighted by molar-refractivity contribution is 5.67. The molecular formula is C17H26N2O5. The number of benzene rings is 1. The Morgan fingerprint density at radius 1 is 1.25 bits per heavy atom. The largest absolute Gasteiger partial charge is 0.465 e. The molecule has 134 valence electrons. The first-order chi connectivity index (χ1) is 11.2. The van der Waals surface area contributed by atoms with Crippen molar-refractivity contribution in [3.05, 3.63) is 35.9 Å². The van der Waals surface area contributed by atoms with Gasteiger partial charge < -0.3 is 20.3 Å². The Morgan fingerprint density at radius 3 is 2.38 bits per heavy atom. The van der Waals surface area contributed by atoms with E-state index >= 15 is 0 Å². The first-order valence-electron chi connectivity index (χ1n) is 7.84. The van der Waals surface area contributed by atoms with Crippen LogP contribution in [0.1, 0.15) is 32.8 Å². The molecule has 0 aromatic heterocycles. The first kappa shape index (κ1) is 19.8. The van der Waals surface area contributed by atoms with E-state index in [2.05, 4.69) is 5.32 Å². The van der Waals surface area contributed by atoms with E-state index in [1.54, 1.807) is 20.8 Å². The minimum atomic E-state index is -1.12. The normalized spacial score (nSPS) is 12.3. The van der Waals surface area contributed by atoms with Crippen molar-refractivity contribution in [2.45, 2.75) is 45.4 Å². The Bertz CT molecular complexity index is 528. The van der Waals surface area contributed by atoms with E-state index in [-0.39, 0.29) is 26.1 Å². The molecule has 7 nitrogen and oxygen atoms in total. The fourth-order valence-electron chi connectivity index (χ4n) is 2.13. The van der Waals surface area contributed by atoms with Crippen molar-refractivity contribution in [3.63, 3.8) is 0 Å². The lowest BCUT2D eigenvalue weighted by Crippen LogP contribution is -2.43. The van der Waals surface area contributed by atoms with Crippen LogP contribution in [-0.2, 0) is 11.3 Å². The quantitative estimate of drug-likeness (QED) is 0.709. The zero-order chi connectivity index (χ0) is 18.2. The van der Waals surface area contributed by atoms with Crippen LogP contribution in [0.5, 0.6) is 0 Å². The Kier molecular flexibility index (Phi) is 7.51. The molecule has 0 saturated heterocycles. The molecule has 0 saturated carbocycles. The molecular weight excluding hydrogens is 312 g/mol. The number of hydrogen-bond acceptors (Lipinski definition) is 4. The van der Waals surface area contributed by atoms with Crippen molar-refractivity contribution >= 4 is 12.2 Å². The lowest BCUT2D eigenvalue weighted by molar-refractivity contribution is 0.0514. The molecule has 7 heteroatoms. The van der Waals surface area contributed by atoms with Gasteiger partial charge in [0.15, 0.2) is 0 Å². The predicted molar refractivity (Wildman–Crippen MR) is 89.7 cm³/mol. The number of carbonyl (C=O) groups excluding carboxylic acids is 1. The molecule has 0 radical (unpaired) electrons. The fourth-order valence-corrected chi connectivity index (χ4v) is 2.13. The van der Waals surface area contributed by atoms with Gasteiger partial charge in [-0.3, -0.25) is 4.90 Å². The van der Waals surface area contributed by atoms with Crippen molar-refractivity contribution in [1.29, 1.82) is 0 Å². The number of hydrogen-bond donors (Lipinski definition) is 3. The van der Waals surface area contributed by atoms with Crippen molar-refractivity contribution in [2.24, 2.45) is 0 Å². The third kappa shape index (κ3) is 7.32. The summed E-state index contributed by atoms with van der Waals surface area (Å²) in [5.74, 6) is 0. The second-order valence-electron chi connectivity index (χ2n) is 6.45. The average molecular weight is 338 g/mol. The Balaban J connectivity index is 2.58. The van der Waals surface area contributed by atoms with Crippen LogP contribution in [0, 0.1) is 0 Å². The molecule has 1 rings (SSSR count). The summed E-state index contributed by atoms with van der Waals surface area (Å²) in [6.45, 7) is 5.33. The third-order valence-corrected chi connectivity index (χ3v) is 3.24. The summed E-state index contributed by atoms with van der Waals surface area (Å²) in [4.78, 5) is 24.3. The van der Waals surface area contributed by atoms with E-state index in [1.807, 2.05) is 30.3 Å². The lowest BCUT2D eigenvalue weighted by atomic mass is 10.1. The highest BCUT2D eigenvalue weighted by Gasteiger charge is 2.23. The van der Waals surface area contributed by atoms with Gasteiger partial charge in [0.1, 0.15) is 5.60 Å². The van der Waals surface area contributed by atoms with Crippen LogP contribution in [0.15, 0.2) is 30.3 Å². The second-order valence-corrected chi connectivity index (χ2v) is 6.45. The number of ether oxygens (including phenoxy) is 1. The van der Waals surface area contributed by atoms with Crippen LogP contribution >= 0.6 is 0 Å². The fraction of sp³-hybridized carbons (Fsp3) is 0.529. The zero-order valence-electron chi connectivity index (χ0n) is 14.4. The first-order valence-corrected chi connectivity index (χ1v) is 7.84. The summed E-state index contributed by atoms with van der Waals surface area (Å²) < 4.78 is 5.11. The summed E-state index contributed by atoms with van der Waals surface area (Å²) in [5.41, 5.74) is 0.236. The van der Waals surface area contributed by atoms with Gasteiger partial charge in [0.25, 0.3) is 0 Å². The van der Waals surface area contributed by atoms with Gasteiger partial charge in [-0.15, -0.1) is 0 Å². The highest BCUT2D eigenvalue weighted by Crippen LogP contribution is 2.11.